The Morgan fingerprint density at radius 3 is 2.24 bits per heavy atom. The average molecular weight is 477 g/mol. The number of hydrogen-bond donors (Lipinski definition) is 0. The van der Waals surface area contributed by atoms with E-state index < -0.39 is 22.6 Å². The van der Waals surface area contributed by atoms with Gasteiger partial charge in [-0.1, -0.05) is 17.7 Å². The summed E-state index contributed by atoms with van der Waals surface area (Å²) >= 11 is 0. The van der Waals surface area contributed by atoms with Gasteiger partial charge in [0.05, 0.1) is 24.2 Å². The summed E-state index contributed by atoms with van der Waals surface area (Å²) in [5.74, 6) is -0.145. The van der Waals surface area contributed by atoms with Gasteiger partial charge in [-0.05, 0) is 44.2 Å². The molecule has 1 aliphatic heterocycles. The molecule has 9 nitrogen and oxygen atoms in total. The molecule has 10 heteroatoms. The number of methoxy groups -OCH3 is 1. The first-order valence-corrected chi connectivity index (χ1v) is 12.0. The highest BCUT2D eigenvalue weighted by Gasteiger charge is 2.30. The molecule has 2 aromatic carbocycles. The van der Waals surface area contributed by atoms with Gasteiger partial charge in [0.25, 0.3) is 5.91 Å². The summed E-state index contributed by atoms with van der Waals surface area (Å²) in [5.41, 5.74) is 1.21. The monoisotopic (exact) mass is 476 g/mol. The lowest BCUT2D eigenvalue weighted by Crippen LogP contribution is -2.51. The van der Waals surface area contributed by atoms with Gasteiger partial charge in [-0.25, -0.2) is 13.2 Å². The van der Waals surface area contributed by atoms with E-state index in [4.69, 9.17) is 14.2 Å². The molecule has 0 aliphatic carbocycles. The number of esters is 1. The number of benzene rings is 2. The first-order valence-electron chi connectivity index (χ1n) is 10.6. The van der Waals surface area contributed by atoms with Gasteiger partial charge in [-0.2, -0.15) is 4.31 Å². The van der Waals surface area contributed by atoms with E-state index >= 15 is 0 Å². The Morgan fingerprint density at radius 2 is 1.64 bits per heavy atom. The van der Waals surface area contributed by atoms with Crippen LogP contribution in [0.25, 0.3) is 0 Å². The minimum atomic E-state index is -3.62. The molecular formula is C23H28N2O7S. The van der Waals surface area contributed by atoms with Gasteiger partial charge in [0.15, 0.2) is 18.1 Å². The number of carbonyl (C=O) groups is 2. The summed E-state index contributed by atoms with van der Waals surface area (Å²) in [4.78, 5) is 26.6. The SMILES string of the molecule is CCOc1ccc(C(=O)OCC(=O)N2CCN(S(=O)(=O)c3ccc(C)cc3)CC2)cc1OC. The summed E-state index contributed by atoms with van der Waals surface area (Å²) < 4.78 is 42.8. The van der Waals surface area contributed by atoms with Crippen LogP contribution in [0.1, 0.15) is 22.8 Å². The van der Waals surface area contributed by atoms with Crippen molar-refractivity contribution >= 4 is 21.9 Å². The number of sulfonamides is 1. The van der Waals surface area contributed by atoms with E-state index in [1.807, 2.05) is 13.8 Å². The van der Waals surface area contributed by atoms with Crippen LogP contribution in [0.4, 0.5) is 0 Å². The van der Waals surface area contributed by atoms with Gasteiger partial charge < -0.3 is 19.1 Å². The second-order valence-corrected chi connectivity index (χ2v) is 9.41. The van der Waals surface area contributed by atoms with Crippen molar-refractivity contribution in [1.29, 1.82) is 0 Å². The lowest BCUT2D eigenvalue weighted by atomic mass is 10.2. The van der Waals surface area contributed by atoms with Crippen LogP contribution in [-0.2, 0) is 19.6 Å². The van der Waals surface area contributed by atoms with Crippen molar-refractivity contribution < 1.29 is 32.2 Å². The van der Waals surface area contributed by atoms with Crippen molar-refractivity contribution in [2.75, 3.05) is 46.5 Å². The van der Waals surface area contributed by atoms with Crippen LogP contribution in [0.2, 0.25) is 0 Å². The summed E-state index contributed by atoms with van der Waals surface area (Å²) in [6, 6.07) is 11.3. The first-order chi connectivity index (χ1) is 15.8. The smallest absolute Gasteiger partial charge is 0.338 e. The molecule has 3 rings (SSSR count). The van der Waals surface area contributed by atoms with Gasteiger partial charge in [-0.3, -0.25) is 4.79 Å². The molecule has 1 heterocycles. The fourth-order valence-electron chi connectivity index (χ4n) is 3.41. The van der Waals surface area contributed by atoms with E-state index in [-0.39, 0.29) is 42.5 Å². The van der Waals surface area contributed by atoms with Crippen molar-refractivity contribution in [3.8, 4) is 11.5 Å². The molecule has 0 N–H and O–H groups in total. The molecule has 0 aromatic heterocycles. The largest absolute Gasteiger partial charge is 0.493 e. The zero-order chi connectivity index (χ0) is 24.0. The summed E-state index contributed by atoms with van der Waals surface area (Å²) in [6.45, 7) is 4.53. The summed E-state index contributed by atoms with van der Waals surface area (Å²) in [6.07, 6.45) is 0. The molecule has 0 atom stereocenters. The van der Waals surface area contributed by atoms with Crippen molar-refractivity contribution in [3.63, 3.8) is 0 Å². The van der Waals surface area contributed by atoms with E-state index in [1.165, 1.54) is 28.4 Å². The molecule has 0 spiro atoms. The van der Waals surface area contributed by atoms with Gasteiger partial charge in [0.1, 0.15) is 0 Å². The Bertz CT molecular complexity index is 1090. The zero-order valence-electron chi connectivity index (χ0n) is 18.9. The molecule has 0 radical (unpaired) electrons. The Morgan fingerprint density at radius 1 is 0.970 bits per heavy atom. The number of nitrogens with zero attached hydrogens (tertiary/aromatic N) is 2. The van der Waals surface area contributed by atoms with Crippen LogP contribution in [0.15, 0.2) is 47.4 Å². The van der Waals surface area contributed by atoms with E-state index in [0.717, 1.165) is 5.56 Å². The maximum absolute atomic E-state index is 12.8. The number of hydrogen-bond acceptors (Lipinski definition) is 7. The van der Waals surface area contributed by atoms with E-state index in [2.05, 4.69) is 0 Å². The van der Waals surface area contributed by atoms with Crippen LogP contribution in [-0.4, -0.2) is 76.0 Å². The molecule has 33 heavy (non-hydrogen) atoms. The third kappa shape index (κ3) is 5.82. The zero-order valence-corrected chi connectivity index (χ0v) is 19.8. The Hall–Kier alpha value is -3.11. The normalized spacial score (nSPS) is 14.6. The highest BCUT2D eigenvalue weighted by Crippen LogP contribution is 2.28. The topological polar surface area (TPSA) is 102 Å². The van der Waals surface area contributed by atoms with Gasteiger partial charge in [0, 0.05) is 26.2 Å². The molecule has 178 valence electrons. The third-order valence-electron chi connectivity index (χ3n) is 5.28. The predicted molar refractivity (Wildman–Crippen MR) is 121 cm³/mol. The fourth-order valence-corrected chi connectivity index (χ4v) is 4.83. The summed E-state index contributed by atoms with van der Waals surface area (Å²) in [5, 5.41) is 0. The molecule has 1 aliphatic rings. The highest BCUT2D eigenvalue weighted by atomic mass is 32.2. The highest BCUT2D eigenvalue weighted by molar-refractivity contribution is 7.89. The Kier molecular flexibility index (Phi) is 7.93. The first kappa shape index (κ1) is 24.5. The Balaban J connectivity index is 1.53. The molecule has 0 unspecified atom stereocenters. The van der Waals surface area contributed by atoms with Crippen LogP contribution in [0, 0.1) is 6.92 Å². The number of aryl methyl sites for hydroxylation is 1. The van der Waals surface area contributed by atoms with Gasteiger partial charge >= 0.3 is 5.97 Å². The van der Waals surface area contributed by atoms with Gasteiger partial charge in [-0.15, -0.1) is 0 Å². The quantitative estimate of drug-likeness (QED) is 0.538. The minimum Gasteiger partial charge on any atom is -0.493 e. The molecule has 1 amide bonds. The number of ether oxygens (including phenoxy) is 3. The lowest BCUT2D eigenvalue weighted by Gasteiger charge is -2.33. The van der Waals surface area contributed by atoms with Crippen molar-refractivity contribution in [3.05, 3.63) is 53.6 Å². The third-order valence-corrected chi connectivity index (χ3v) is 7.19. The van der Waals surface area contributed by atoms with Crippen LogP contribution < -0.4 is 9.47 Å². The van der Waals surface area contributed by atoms with Crippen LogP contribution in [0.3, 0.4) is 0 Å². The maximum atomic E-state index is 12.8. The van der Waals surface area contributed by atoms with Crippen molar-refractivity contribution in [2.24, 2.45) is 0 Å². The molecule has 1 saturated heterocycles. The van der Waals surface area contributed by atoms with Crippen molar-refractivity contribution in [1.82, 2.24) is 9.21 Å². The molecular weight excluding hydrogens is 448 g/mol. The maximum Gasteiger partial charge on any atom is 0.338 e. The Labute approximate surface area is 193 Å². The molecule has 0 bridgehead atoms. The predicted octanol–water partition coefficient (Wildman–Crippen LogP) is 2.09. The number of piperazine rings is 1. The van der Waals surface area contributed by atoms with Crippen LogP contribution in [0.5, 0.6) is 11.5 Å². The summed E-state index contributed by atoms with van der Waals surface area (Å²) in [7, 11) is -2.15. The lowest BCUT2D eigenvalue weighted by molar-refractivity contribution is -0.135. The molecule has 1 fully saturated rings. The minimum absolute atomic E-state index is 0.173. The number of rotatable bonds is 8. The number of amides is 1. The standard InChI is InChI=1S/C23H28N2O7S/c1-4-31-20-10-7-18(15-21(20)30-3)23(27)32-16-22(26)24-11-13-25(14-12-24)33(28,29)19-8-5-17(2)6-9-19/h5-10,15H,4,11-14,16H2,1-3H3. The van der Waals surface area contributed by atoms with Crippen LogP contribution >= 0.6 is 0 Å². The van der Waals surface area contributed by atoms with Crippen molar-refractivity contribution in [2.45, 2.75) is 18.7 Å². The molecule has 2 aromatic rings. The number of carbonyl (C=O) groups excluding carboxylic acids is 2. The van der Waals surface area contributed by atoms with E-state index in [1.54, 1.807) is 30.3 Å². The molecule has 0 saturated carbocycles. The van der Waals surface area contributed by atoms with E-state index in [9.17, 15) is 18.0 Å². The second kappa shape index (κ2) is 10.7. The average Bonchev–Trinajstić information content (AvgIpc) is 2.83. The van der Waals surface area contributed by atoms with Gasteiger partial charge in [0.2, 0.25) is 10.0 Å². The van der Waals surface area contributed by atoms with E-state index in [0.29, 0.717) is 18.1 Å². The fraction of sp³-hybridized carbons (Fsp3) is 0.391. The second-order valence-electron chi connectivity index (χ2n) is 7.47.